The van der Waals surface area contributed by atoms with Crippen LogP contribution in [0.2, 0.25) is 0 Å². The number of halogens is 1. The summed E-state index contributed by atoms with van der Waals surface area (Å²) in [5, 5.41) is 2.89. The standard InChI is InChI=1S/C20H22INO3/c1-4-11-25-18-9-5-15(13-19(18)24-3)6-10-20(23)22-17-8-7-16(21)12-14(17)2/h5-10,12-13H,4,11H2,1-3H3,(H,22,23). The van der Waals surface area contributed by atoms with Crippen molar-refractivity contribution in [2.75, 3.05) is 19.0 Å². The van der Waals surface area contributed by atoms with Crippen LogP contribution in [0.25, 0.3) is 6.08 Å². The van der Waals surface area contributed by atoms with Crippen LogP contribution in [0.3, 0.4) is 0 Å². The number of nitrogens with one attached hydrogen (secondary N) is 1. The number of hydrogen-bond acceptors (Lipinski definition) is 3. The highest BCUT2D eigenvalue weighted by Gasteiger charge is 2.05. The van der Waals surface area contributed by atoms with E-state index in [0.717, 1.165) is 26.8 Å². The Kier molecular flexibility index (Phi) is 7.31. The van der Waals surface area contributed by atoms with E-state index in [9.17, 15) is 4.79 Å². The van der Waals surface area contributed by atoms with Crippen LogP contribution in [-0.2, 0) is 4.79 Å². The second-order valence-corrected chi connectivity index (χ2v) is 6.79. The normalized spacial score (nSPS) is 10.7. The molecule has 0 saturated heterocycles. The topological polar surface area (TPSA) is 47.6 Å². The molecule has 0 heterocycles. The van der Waals surface area contributed by atoms with Crippen molar-refractivity contribution in [3.05, 3.63) is 57.2 Å². The number of anilines is 1. The molecule has 0 aromatic heterocycles. The maximum atomic E-state index is 12.1. The van der Waals surface area contributed by atoms with Crippen LogP contribution in [0.15, 0.2) is 42.5 Å². The summed E-state index contributed by atoms with van der Waals surface area (Å²) in [6.07, 6.45) is 4.20. The van der Waals surface area contributed by atoms with Gasteiger partial charge >= 0.3 is 0 Å². The van der Waals surface area contributed by atoms with Crippen molar-refractivity contribution in [3.8, 4) is 11.5 Å². The molecule has 0 fully saturated rings. The first kappa shape index (κ1) is 19.3. The molecule has 0 radical (unpaired) electrons. The summed E-state index contributed by atoms with van der Waals surface area (Å²) < 4.78 is 12.1. The van der Waals surface area contributed by atoms with Gasteiger partial charge in [-0.2, -0.15) is 0 Å². The Morgan fingerprint density at radius 2 is 2.00 bits per heavy atom. The molecule has 1 amide bonds. The molecular formula is C20H22INO3. The maximum Gasteiger partial charge on any atom is 0.248 e. The van der Waals surface area contributed by atoms with Crippen LogP contribution in [0, 0.1) is 10.5 Å². The molecule has 0 saturated carbocycles. The molecule has 132 valence electrons. The fourth-order valence-electron chi connectivity index (χ4n) is 2.23. The van der Waals surface area contributed by atoms with Gasteiger partial charge in [-0.15, -0.1) is 0 Å². The number of methoxy groups -OCH3 is 1. The third-order valence-electron chi connectivity index (χ3n) is 3.52. The highest BCUT2D eigenvalue weighted by atomic mass is 127. The van der Waals surface area contributed by atoms with Gasteiger partial charge in [0.25, 0.3) is 0 Å². The van der Waals surface area contributed by atoms with E-state index in [1.807, 2.05) is 43.3 Å². The summed E-state index contributed by atoms with van der Waals surface area (Å²) in [6.45, 7) is 4.67. The molecular weight excluding hydrogens is 429 g/mol. The first-order valence-electron chi connectivity index (χ1n) is 8.09. The zero-order chi connectivity index (χ0) is 18.2. The minimum Gasteiger partial charge on any atom is -0.493 e. The van der Waals surface area contributed by atoms with Gasteiger partial charge in [-0.05, 0) is 83.5 Å². The van der Waals surface area contributed by atoms with Crippen molar-refractivity contribution in [2.45, 2.75) is 20.3 Å². The monoisotopic (exact) mass is 451 g/mol. The molecule has 2 aromatic rings. The van der Waals surface area contributed by atoms with Gasteiger partial charge in [-0.3, -0.25) is 4.79 Å². The van der Waals surface area contributed by atoms with E-state index in [4.69, 9.17) is 9.47 Å². The SMILES string of the molecule is CCCOc1ccc(C=CC(=O)Nc2ccc(I)cc2C)cc1OC. The van der Waals surface area contributed by atoms with Crippen LogP contribution >= 0.6 is 22.6 Å². The zero-order valence-electron chi connectivity index (χ0n) is 14.6. The van der Waals surface area contributed by atoms with E-state index in [1.165, 1.54) is 6.08 Å². The van der Waals surface area contributed by atoms with Gasteiger partial charge in [0.15, 0.2) is 11.5 Å². The fraction of sp³-hybridized carbons (Fsp3) is 0.250. The number of aryl methyl sites for hydroxylation is 1. The van der Waals surface area contributed by atoms with E-state index < -0.39 is 0 Å². The van der Waals surface area contributed by atoms with Gasteiger partial charge in [0, 0.05) is 15.3 Å². The smallest absolute Gasteiger partial charge is 0.248 e. The van der Waals surface area contributed by atoms with E-state index in [0.29, 0.717) is 18.1 Å². The molecule has 2 aromatic carbocycles. The predicted molar refractivity (Wildman–Crippen MR) is 110 cm³/mol. The molecule has 0 aliphatic rings. The van der Waals surface area contributed by atoms with Gasteiger partial charge in [-0.25, -0.2) is 0 Å². The zero-order valence-corrected chi connectivity index (χ0v) is 16.8. The van der Waals surface area contributed by atoms with E-state index in [1.54, 1.807) is 13.2 Å². The molecule has 4 nitrogen and oxygen atoms in total. The Balaban J connectivity index is 2.06. The molecule has 0 aliphatic carbocycles. The summed E-state index contributed by atoms with van der Waals surface area (Å²) >= 11 is 2.25. The lowest BCUT2D eigenvalue weighted by molar-refractivity contribution is -0.111. The Morgan fingerprint density at radius 3 is 2.68 bits per heavy atom. The quantitative estimate of drug-likeness (QED) is 0.474. The number of carbonyl (C=O) groups excluding carboxylic acids is 1. The first-order valence-corrected chi connectivity index (χ1v) is 9.17. The van der Waals surface area contributed by atoms with Gasteiger partial charge in [0.2, 0.25) is 5.91 Å². The second kappa shape index (κ2) is 9.46. The Hall–Kier alpha value is -2.02. The summed E-state index contributed by atoms with van der Waals surface area (Å²) in [4.78, 5) is 12.1. The number of rotatable bonds is 7. The molecule has 1 N–H and O–H groups in total. The van der Waals surface area contributed by atoms with Crippen molar-refractivity contribution in [2.24, 2.45) is 0 Å². The number of amides is 1. The first-order chi connectivity index (χ1) is 12.0. The van der Waals surface area contributed by atoms with Crippen LogP contribution in [0.5, 0.6) is 11.5 Å². The van der Waals surface area contributed by atoms with Gasteiger partial charge < -0.3 is 14.8 Å². The number of hydrogen-bond donors (Lipinski definition) is 1. The van der Waals surface area contributed by atoms with Gasteiger partial charge in [-0.1, -0.05) is 13.0 Å². The number of carbonyl (C=O) groups is 1. The van der Waals surface area contributed by atoms with Crippen molar-refractivity contribution < 1.29 is 14.3 Å². The molecule has 0 bridgehead atoms. The lowest BCUT2D eigenvalue weighted by Gasteiger charge is -2.10. The molecule has 5 heteroatoms. The molecule has 0 unspecified atom stereocenters. The predicted octanol–water partition coefficient (Wildman–Crippen LogP) is 5.05. The van der Waals surface area contributed by atoms with Crippen molar-refractivity contribution >= 4 is 40.3 Å². The molecule has 0 spiro atoms. The second-order valence-electron chi connectivity index (χ2n) is 5.54. The summed E-state index contributed by atoms with van der Waals surface area (Å²) in [6, 6.07) is 11.5. The number of ether oxygens (including phenoxy) is 2. The average Bonchev–Trinajstić information content (AvgIpc) is 2.60. The largest absolute Gasteiger partial charge is 0.493 e. The molecule has 25 heavy (non-hydrogen) atoms. The lowest BCUT2D eigenvalue weighted by Crippen LogP contribution is -2.08. The van der Waals surface area contributed by atoms with Crippen LogP contribution in [-0.4, -0.2) is 19.6 Å². The van der Waals surface area contributed by atoms with Crippen molar-refractivity contribution in [1.29, 1.82) is 0 Å². The minimum absolute atomic E-state index is 0.172. The van der Waals surface area contributed by atoms with Gasteiger partial charge in [0.05, 0.1) is 13.7 Å². The van der Waals surface area contributed by atoms with Crippen LogP contribution < -0.4 is 14.8 Å². The number of benzene rings is 2. The average molecular weight is 451 g/mol. The van der Waals surface area contributed by atoms with E-state index in [2.05, 4.69) is 34.8 Å². The summed E-state index contributed by atoms with van der Waals surface area (Å²) in [7, 11) is 1.61. The van der Waals surface area contributed by atoms with Crippen molar-refractivity contribution in [1.82, 2.24) is 0 Å². The lowest BCUT2D eigenvalue weighted by atomic mass is 10.1. The van der Waals surface area contributed by atoms with Gasteiger partial charge in [0.1, 0.15) is 0 Å². The van der Waals surface area contributed by atoms with Crippen molar-refractivity contribution in [3.63, 3.8) is 0 Å². The van der Waals surface area contributed by atoms with Crippen LogP contribution in [0.4, 0.5) is 5.69 Å². The minimum atomic E-state index is -0.172. The molecule has 0 atom stereocenters. The summed E-state index contributed by atoms with van der Waals surface area (Å²) in [5.74, 6) is 1.19. The molecule has 2 rings (SSSR count). The van der Waals surface area contributed by atoms with E-state index >= 15 is 0 Å². The van der Waals surface area contributed by atoms with E-state index in [-0.39, 0.29) is 5.91 Å². The highest BCUT2D eigenvalue weighted by molar-refractivity contribution is 14.1. The molecule has 0 aliphatic heterocycles. The Morgan fingerprint density at radius 1 is 1.20 bits per heavy atom. The maximum absolute atomic E-state index is 12.1. The highest BCUT2D eigenvalue weighted by Crippen LogP contribution is 2.28. The fourth-order valence-corrected chi connectivity index (χ4v) is 2.88. The Bertz CT molecular complexity index is 772. The Labute approximate surface area is 162 Å². The summed E-state index contributed by atoms with van der Waals surface area (Å²) in [5.41, 5.74) is 2.72. The third-order valence-corrected chi connectivity index (χ3v) is 4.19. The third kappa shape index (κ3) is 5.77. The van der Waals surface area contributed by atoms with Crippen LogP contribution in [0.1, 0.15) is 24.5 Å².